The van der Waals surface area contributed by atoms with Crippen molar-refractivity contribution in [2.75, 3.05) is 20.0 Å². The minimum atomic E-state index is -0.384. The number of fused-ring (bicyclic) bond motifs is 2. The molecule has 2 N–H and O–H groups in total. The quantitative estimate of drug-likeness (QED) is 0.225. The van der Waals surface area contributed by atoms with E-state index in [1.54, 1.807) is 19.2 Å². The number of aromatic nitrogens is 2. The fourth-order valence-corrected chi connectivity index (χ4v) is 4.73. The van der Waals surface area contributed by atoms with E-state index in [9.17, 15) is 4.79 Å². The predicted octanol–water partition coefficient (Wildman–Crippen LogP) is 5.79. The summed E-state index contributed by atoms with van der Waals surface area (Å²) in [5, 5.41) is 2.29. The molecule has 2 aromatic heterocycles. The standard InChI is InChI=1S/C30H29N3O3/c1-35-29-17-22(30(34)36-2)10-9-21(29)16-23-19-33(28-14-12-24(31)18-26(23)28)15-5-7-25-13-11-20-6-3-4-8-27(20)32-25/h3-4,6,8-14,17-19H,5,7,15-16,31H2,1-2H3. The Kier molecular flexibility index (Phi) is 6.58. The second-order valence-corrected chi connectivity index (χ2v) is 8.92. The summed E-state index contributed by atoms with van der Waals surface area (Å²) < 4.78 is 12.7. The largest absolute Gasteiger partial charge is 0.496 e. The molecule has 0 aliphatic heterocycles. The van der Waals surface area contributed by atoms with E-state index >= 15 is 0 Å². The highest BCUT2D eigenvalue weighted by Gasteiger charge is 2.15. The van der Waals surface area contributed by atoms with Crippen molar-refractivity contribution in [2.45, 2.75) is 25.8 Å². The maximum atomic E-state index is 11.9. The summed E-state index contributed by atoms with van der Waals surface area (Å²) in [4.78, 5) is 16.7. The molecule has 0 spiro atoms. The van der Waals surface area contributed by atoms with Gasteiger partial charge in [-0.05, 0) is 66.4 Å². The lowest BCUT2D eigenvalue weighted by Gasteiger charge is -2.10. The van der Waals surface area contributed by atoms with Crippen LogP contribution in [0.5, 0.6) is 5.75 Å². The van der Waals surface area contributed by atoms with Crippen LogP contribution in [-0.2, 0) is 24.1 Å². The first kappa shape index (κ1) is 23.4. The van der Waals surface area contributed by atoms with E-state index in [1.165, 1.54) is 7.11 Å². The number of aryl methyl sites for hydroxylation is 2. The molecule has 0 unspecified atom stereocenters. The maximum absolute atomic E-state index is 11.9. The van der Waals surface area contributed by atoms with E-state index in [-0.39, 0.29) is 5.97 Å². The number of pyridine rings is 1. The number of rotatable bonds is 8. The van der Waals surface area contributed by atoms with Crippen LogP contribution in [0.3, 0.4) is 0 Å². The van der Waals surface area contributed by atoms with Gasteiger partial charge in [0.1, 0.15) is 5.75 Å². The number of nitrogens with two attached hydrogens (primary N) is 1. The van der Waals surface area contributed by atoms with E-state index in [2.05, 4.69) is 41.1 Å². The molecular weight excluding hydrogens is 450 g/mol. The number of para-hydroxylation sites is 1. The fourth-order valence-electron chi connectivity index (χ4n) is 4.73. The zero-order valence-electron chi connectivity index (χ0n) is 20.5. The Morgan fingerprint density at radius 3 is 2.67 bits per heavy atom. The number of carbonyl (C=O) groups is 1. The number of esters is 1. The van der Waals surface area contributed by atoms with Crippen LogP contribution in [0.2, 0.25) is 0 Å². The number of nitrogens with zero attached hydrogens (tertiary/aromatic N) is 2. The minimum absolute atomic E-state index is 0.384. The van der Waals surface area contributed by atoms with Crippen molar-refractivity contribution in [3.8, 4) is 5.75 Å². The molecule has 0 radical (unpaired) electrons. The van der Waals surface area contributed by atoms with Crippen LogP contribution in [0.15, 0.2) is 79.0 Å². The molecular formula is C30H29N3O3. The number of hydrogen-bond donors (Lipinski definition) is 1. The molecule has 0 amide bonds. The van der Waals surface area contributed by atoms with Crippen LogP contribution >= 0.6 is 0 Å². The lowest BCUT2D eigenvalue weighted by molar-refractivity contribution is 0.0600. The van der Waals surface area contributed by atoms with E-state index < -0.39 is 0 Å². The molecule has 36 heavy (non-hydrogen) atoms. The molecule has 5 rings (SSSR count). The molecule has 0 aliphatic carbocycles. The van der Waals surface area contributed by atoms with Crippen molar-refractivity contribution >= 4 is 33.5 Å². The van der Waals surface area contributed by atoms with Crippen molar-refractivity contribution in [1.82, 2.24) is 9.55 Å². The van der Waals surface area contributed by atoms with E-state index in [0.29, 0.717) is 17.7 Å². The van der Waals surface area contributed by atoms with Crippen LogP contribution in [0.4, 0.5) is 5.69 Å². The van der Waals surface area contributed by atoms with Crippen LogP contribution in [0.25, 0.3) is 21.8 Å². The van der Waals surface area contributed by atoms with Crippen molar-refractivity contribution in [2.24, 2.45) is 0 Å². The lowest BCUT2D eigenvalue weighted by atomic mass is 10.0. The zero-order valence-corrected chi connectivity index (χ0v) is 20.5. The number of benzene rings is 3. The molecule has 182 valence electrons. The first-order valence-electron chi connectivity index (χ1n) is 12.0. The fraction of sp³-hybridized carbons (Fsp3) is 0.200. The van der Waals surface area contributed by atoms with E-state index in [1.807, 2.05) is 30.3 Å². The second-order valence-electron chi connectivity index (χ2n) is 8.92. The summed E-state index contributed by atoms with van der Waals surface area (Å²) in [6.07, 6.45) is 4.73. The minimum Gasteiger partial charge on any atom is -0.496 e. The third-order valence-corrected chi connectivity index (χ3v) is 6.56. The molecule has 0 bridgehead atoms. The summed E-state index contributed by atoms with van der Waals surface area (Å²) in [6, 6.07) is 23.9. The Labute approximate surface area is 210 Å². The Balaban J connectivity index is 1.39. The van der Waals surface area contributed by atoms with Gasteiger partial charge in [-0.15, -0.1) is 0 Å². The molecule has 0 atom stereocenters. The molecule has 5 aromatic rings. The van der Waals surface area contributed by atoms with Gasteiger partial charge in [-0.3, -0.25) is 4.98 Å². The van der Waals surface area contributed by atoms with Gasteiger partial charge < -0.3 is 19.8 Å². The highest BCUT2D eigenvalue weighted by atomic mass is 16.5. The van der Waals surface area contributed by atoms with Crippen LogP contribution in [0, 0.1) is 0 Å². The molecule has 0 aliphatic rings. The van der Waals surface area contributed by atoms with Crippen LogP contribution < -0.4 is 10.5 Å². The van der Waals surface area contributed by atoms with Gasteiger partial charge in [-0.2, -0.15) is 0 Å². The Bertz CT molecular complexity index is 1550. The number of hydrogen-bond acceptors (Lipinski definition) is 5. The normalized spacial score (nSPS) is 11.2. The molecule has 3 aromatic carbocycles. The number of nitrogen functional groups attached to an aromatic ring is 1. The third-order valence-electron chi connectivity index (χ3n) is 6.56. The molecule has 0 saturated carbocycles. The predicted molar refractivity (Wildman–Crippen MR) is 144 cm³/mol. The smallest absolute Gasteiger partial charge is 0.337 e. The summed E-state index contributed by atoms with van der Waals surface area (Å²) in [5.74, 6) is 0.273. The number of ether oxygens (including phenoxy) is 2. The van der Waals surface area contributed by atoms with Gasteiger partial charge in [0, 0.05) is 46.8 Å². The van der Waals surface area contributed by atoms with Crippen molar-refractivity contribution in [1.29, 1.82) is 0 Å². The van der Waals surface area contributed by atoms with Gasteiger partial charge in [0.05, 0.1) is 25.3 Å². The first-order valence-corrected chi connectivity index (χ1v) is 12.0. The first-order chi connectivity index (χ1) is 17.6. The van der Waals surface area contributed by atoms with Crippen LogP contribution in [-0.4, -0.2) is 29.7 Å². The molecule has 0 fully saturated rings. The van der Waals surface area contributed by atoms with Crippen molar-refractivity contribution in [3.05, 3.63) is 101 Å². The summed E-state index contributed by atoms with van der Waals surface area (Å²) in [6.45, 7) is 0.868. The molecule has 0 saturated heterocycles. The Morgan fingerprint density at radius 1 is 0.972 bits per heavy atom. The van der Waals surface area contributed by atoms with Crippen molar-refractivity contribution < 1.29 is 14.3 Å². The van der Waals surface area contributed by atoms with Gasteiger partial charge in [-0.1, -0.05) is 30.3 Å². The molecule has 2 heterocycles. The highest BCUT2D eigenvalue weighted by molar-refractivity contribution is 5.90. The SMILES string of the molecule is COC(=O)c1ccc(Cc2cn(CCCc3ccc4ccccc4n3)c3ccc(N)cc23)c(OC)c1. The topological polar surface area (TPSA) is 79.4 Å². The average Bonchev–Trinajstić information content (AvgIpc) is 3.24. The number of anilines is 1. The molecule has 6 nitrogen and oxygen atoms in total. The summed E-state index contributed by atoms with van der Waals surface area (Å²) in [5.41, 5.74) is 12.8. The van der Waals surface area contributed by atoms with Gasteiger partial charge in [-0.25, -0.2) is 4.79 Å². The second kappa shape index (κ2) is 10.1. The average molecular weight is 480 g/mol. The number of carbonyl (C=O) groups excluding carboxylic acids is 1. The van der Waals surface area contributed by atoms with Crippen LogP contribution in [0.1, 0.15) is 33.6 Å². The Hall–Kier alpha value is -4.32. The molecule has 6 heteroatoms. The maximum Gasteiger partial charge on any atom is 0.337 e. The highest BCUT2D eigenvalue weighted by Crippen LogP contribution is 2.30. The van der Waals surface area contributed by atoms with Crippen molar-refractivity contribution in [3.63, 3.8) is 0 Å². The zero-order chi connectivity index (χ0) is 25.1. The monoisotopic (exact) mass is 479 g/mol. The Morgan fingerprint density at radius 2 is 1.83 bits per heavy atom. The van der Waals surface area contributed by atoms with E-state index in [4.69, 9.17) is 20.2 Å². The summed E-state index contributed by atoms with van der Waals surface area (Å²) >= 11 is 0. The lowest BCUT2D eigenvalue weighted by Crippen LogP contribution is -2.03. The van der Waals surface area contributed by atoms with Gasteiger partial charge in [0.15, 0.2) is 0 Å². The number of methoxy groups -OCH3 is 2. The van der Waals surface area contributed by atoms with E-state index in [0.717, 1.165) is 63.7 Å². The van der Waals surface area contributed by atoms with Gasteiger partial charge in [0.25, 0.3) is 0 Å². The van der Waals surface area contributed by atoms with Gasteiger partial charge >= 0.3 is 5.97 Å². The summed E-state index contributed by atoms with van der Waals surface area (Å²) in [7, 11) is 2.99. The third kappa shape index (κ3) is 4.75. The van der Waals surface area contributed by atoms with Gasteiger partial charge in [0.2, 0.25) is 0 Å².